The zero-order chi connectivity index (χ0) is 12.0. The van der Waals surface area contributed by atoms with Gasteiger partial charge in [-0.1, -0.05) is 31.8 Å². The number of thioether (sulfide) groups is 1. The quantitative estimate of drug-likeness (QED) is 0.554. The molecule has 1 nitrogen and oxygen atoms in total. The number of rotatable bonds is 6. The van der Waals surface area contributed by atoms with Gasteiger partial charge in [0.2, 0.25) is 0 Å². The summed E-state index contributed by atoms with van der Waals surface area (Å²) in [5.74, 6) is 3.34. The van der Waals surface area contributed by atoms with E-state index in [9.17, 15) is 0 Å². The summed E-state index contributed by atoms with van der Waals surface area (Å²) in [5.41, 5.74) is 1.36. The lowest BCUT2D eigenvalue weighted by Crippen LogP contribution is -2.19. The summed E-state index contributed by atoms with van der Waals surface area (Å²) in [7, 11) is 0.861. The summed E-state index contributed by atoms with van der Waals surface area (Å²) in [6.45, 7) is 7.29. The molecule has 90 valence electrons. The summed E-state index contributed by atoms with van der Waals surface area (Å²) < 4.78 is 5.21. The van der Waals surface area contributed by atoms with E-state index in [0.29, 0.717) is 0 Å². The van der Waals surface area contributed by atoms with Crippen molar-refractivity contribution < 1.29 is 4.74 Å². The molecule has 0 N–H and O–H groups in total. The van der Waals surface area contributed by atoms with Crippen molar-refractivity contribution in [3.8, 4) is 5.75 Å². The molecule has 0 unspecified atom stereocenters. The van der Waals surface area contributed by atoms with Gasteiger partial charge >= 0.3 is 0 Å². The lowest BCUT2D eigenvalue weighted by molar-refractivity contribution is 0.414. The second kappa shape index (κ2) is 6.35. The van der Waals surface area contributed by atoms with Crippen LogP contribution in [0.5, 0.6) is 5.75 Å². The highest BCUT2D eigenvalue weighted by Crippen LogP contribution is 2.20. The molecule has 0 aliphatic carbocycles. The van der Waals surface area contributed by atoms with Crippen LogP contribution >= 0.6 is 11.8 Å². The monoisotopic (exact) mass is 254 g/mol. The molecule has 1 rings (SSSR count). The molecule has 1 aromatic rings. The fourth-order valence-electron chi connectivity index (χ4n) is 1.33. The summed E-state index contributed by atoms with van der Waals surface area (Å²) in [5, 5.41) is 0. The minimum atomic E-state index is -0.859. The standard InChI is InChI=1S/C13H22OSSi/c1-14-13-7-5-6-12(10-13)11-15-8-9-16(2,3)4/h5-7,10H,8-9,11H2,1-4H3. The molecule has 0 aliphatic heterocycles. The maximum Gasteiger partial charge on any atom is 0.119 e. The highest BCUT2D eigenvalue weighted by atomic mass is 32.2. The fourth-order valence-corrected chi connectivity index (χ4v) is 4.92. The van der Waals surface area contributed by atoms with Crippen LogP contribution in [0.2, 0.25) is 25.7 Å². The number of hydrogen-bond acceptors (Lipinski definition) is 2. The van der Waals surface area contributed by atoms with Crippen LogP contribution < -0.4 is 4.74 Å². The molecule has 0 bridgehead atoms. The third-order valence-corrected chi connectivity index (χ3v) is 5.54. The third kappa shape index (κ3) is 5.61. The molecule has 0 saturated heterocycles. The van der Waals surface area contributed by atoms with Gasteiger partial charge in [-0.3, -0.25) is 0 Å². The van der Waals surface area contributed by atoms with Crippen LogP contribution in [0.1, 0.15) is 5.56 Å². The zero-order valence-corrected chi connectivity index (χ0v) is 12.6. The SMILES string of the molecule is COc1cccc(CSCC[Si](C)(C)C)c1. The fraction of sp³-hybridized carbons (Fsp3) is 0.538. The van der Waals surface area contributed by atoms with Crippen molar-refractivity contribution in [2.24, 2.45) is 0 Å². The van der Waals surface area contributed by atoms with Crippen LogP contribution in [-0.2, 0) is 5.75 Å². The normalized spacial score (nSPS) is 11.5. The van der Waals surface area contributed by atoms with Crippen molar-refractivity contribution in [1.29, 1.82) is 0 Å². The first-order valence-corrected chi connectivity index (χ1v) is 10.6. The van der Waals surface area contributed by atoms with Crippen LogP contribution in [0.3, 0.4) is 0 Å². The lowest BCUT2D eigenvalue weighted by Gasteiger charge is -2.14. The van der Waals surface area contributed by atoms with Gasteiger partial charge in [0.1, 0.15) is 5.75 Å². The molecule has 3 heteroatoms. The summed E-state index contributed by atoms with van der Waals surface area (Å²) in [6.07, 6.45) is 0. The van der Waals surface area contributed by atoms with Crippen LogP contribution in [0.25, 0.3) is 0 Å². The second-order valence-electron chi connectivity index (χ2n) is 5.21. The molecule has 0 atom stereocenters. The van der Waals surface area contributed by atoms with E-state index in [1.807, 2.05) is 17.8 Å². The van der Waals surface area contributed by atoms with Crippen LogP contribution in [0.15, 0.2) is 24.3 Å². The average Bonchev–Trinajstić information content (AvgIpc) is 2.23. The molecule has 0 heterocycles. The summed E-state index contributed by atoms with van der Waals surface area (Å²) in [4.78, 5) is 0. The van der Waals surface area contributed by atoms with Gasteiger partial charge in [0, 0.05) is 13.8 Å². The Bertz CT molecular complexity index is 320. The van der Waals surface area contributed by atoms with Crippen molar-refractivity contribution in [3.63, 3.8) is 0 Å². The zero-order valence-electron chi connectivity index (χ0n) is 10.7. The van der Waals surface area contributed by atoms with Gasteiger partial charge in [0.05, 0.1) is 7.11 Å². The molecule has 0 radical (unpaired) electrons. The third-order valence-electron chi connectivity index (χ3n) is 2.40. The van der Waals surface area contributed by atoms with Crippen molar-refractivity contribution in [2.75, 3.05) is 12.9 Å². The number of hydrogen-bond donors (Lipinski definition) is 0. The molecule has 0 aromatic heterocycles. The van der Waals surface area contributed by atoms with Gasteiger partial charge in [-0.2, -0.15) is 11.8 Å². The van der Waals surface area contributed by atoms with E-state index in [1.54, 1.807) is 7.11 Å². The van der Waals surface area contributed by atoms with Crippen molar-refractivity contribution in [3.05, 3.63) is 29.8 Å². The Balaban J connectivity index is 2.32. The Morgan fingerprint density at radius 2 is 2.00 bits per heavy atom. The second-order valence-corrected chi connectivity index (χ2v) is 11.9. The lowest BCUT2D eigenvalue weighted by atomic mass is 10.2. The minimum absolute atomic E-state index is 0.859. The van der Waals surface area contributed by atoms with E-state index >= 15 is 0 Å². The highest BCUT2D eigenvalue weighted by Gasteiger charge is 2.11. The molecular weight excluding hydrogens is 232 g/mol. The topological polar surface area (TPSA) is 9.23 Å². The average molecular weight is 254 g/mol. The number of ether oxygens (including phenoxy) is 1. The smallest absolute Gasteiger partial charge is 0.119 e. The van der Waals surface area contributed by atoms with Gasteiger partial charge < -0.3 is 4.74 Å². The highest BCUT2D eigenvalue weighted by molar-refractivity contribution is 7.98. The van der Waals surface area contributed by atoms with E-state index in [2.05, 4.69) is 37.8 Å². The molecule has 0 spiro atoms. The van der Waals surface area contributed by atoms with Crippen molar-refractivity contribution in [2.45, 2.75) is 31.4 Å². The van der Waals surface area contributed by atoms with Crippen LogP contribution in [0, 0.1) is 0 Å². The van der Waals surface area contributed by atoms with Gasteiger partial charge in [-0.05, 0) is 29.5 Å². The van der Waals surface area contributed by atoms with Crippen LogP contribution in [-0.4, -0.2) is 20.9 Å². The predicted molar refractivity (Wildman–Crippen MR) is 77.3 cm³/mol. The molecule has 0 aliphatic rings. The Morgan fingerprint density at radius 1 is 1.25 bits per heavy atom. The number of methoxy groups -OCH3 is 1. The largest absolute Gasteiger partial charge is 0.497 e. The van der Waals surface area contributed by atoms with Crippen molar-refractivity contribution >= 4 is 19.8 Å². The van der Waals surface area contributed by atoms with Crippen molar-refractivity contribution in [1.82, 2.24) is 0 Å². The first-order valence-electron chi connectivity index (χ1n) is 5.72. The maximum absolute atomic E-state index is 5.21. The molecule has 0 saturated carbocycles. The Hall–Kier alpha value is -0.413. The summed E-state index contributed by atoms with van der Waals surface area (Å²) in [6, 6.07) is 9.76. The van der Waals surface area contributed by atoms with E-state index in [-0.39, 0.29) is 0 Å². The molecule has 0 fully saturated rings. The Morgan fingerprint density at radius 3 is 2.62 bits per heavy atom. The number of benzene rings is 1. The van der Waals surface area contributed by atoms with E-state index < -0.39 is 8.07 Å². The minimum Gasteiger partial charge on any atom is -0.497 e. The molecular formula is C13H22OSSi. The van der Waals surface area contributed by atoms with E-state index in [0.717, 1.165) is 11.5 Å². The Labute approximate surface area is 105 Å². The first kappa shape index (κ1) is 13.7. The van der Waals surface area contributed by atoms with E-state index in [1.165, 1.54) is 17.4 Å². The molecule has 1 aromatic carbocycles. The first-order chi connectivity index (χ1) is 7.51. The predicted octanol–water partition coefficient (Wildman–Crippen LogP) is 4.27. The molecule has 16 heavy (non-hydrogen) atoms. The maximum atomic E-state index is 5.21. The van der Waals surface area contributed by atoms with Crippen LogP contribution in [0.4, 0.5) is 0 Å². The van der Waals surface area contributed by atoms with Gasteiger partial charge in [-0.25, -0.2) is 0 Å². The van der Waals surface area contributed by atoms with Gasteiger partial charge in [0.25, 0.3) is 0 Å². The van der Waals surface area contributed by atoms with Gasteiger partial charge in [-0.15, -0.1) is 0 Å². The van der Waals surface area contributed by atoms with E-state index in [4.69, 9.17) is 4.74 Å². The van der Waals surface area contributed by atoms with Gasteiger partial charge in [0.15, 0.2) is 0 Å². The summed E-state index contributed by atoms with van der Waals surface area (Å²) >= 11 is 2.03. The molecule has 0 amide bonds. The Kier molecular flexibility index (Phi) is 5.42.